The number of carbonyl (C=O) groups excluding carboxylic acids is 1. The monoisotopic (exact) mass is 329 g/mol. The van der Waals surface area contributed by atoms with E-state index in [0.29, 0.717) is 13.1 Å². The minimum atomic E-state index is -0.467. The number of H-pyrrole nitrogens is 1. The predicted octanol–water partition coefficient (Wildman–Crippen LogP) is 2.53. The normalized spacial score (nSPS) is 15.5. The quantitative estimate of drug-likeness (QED) is 0.916. The zero-order chi connectivity index (χ0) is 17.2. The van der Waals surface area contributed by atoms with E-state index in [0.717, 1.165) is 30.2 Å². The third-order valence-corrected chi connectivity index (χ3v) is 3.80. The summed E-state index contributed by atoms with van der Waals surface area (Å²) in [5, 5.41) is 7.25. The molecule has 0 atom stereocenters. The second-order valence-corrected chi connectivity index (χ2v) is 6.79. The van der Waals surface area contributed by atoms with Crippen LogP contribution in [0.1, 0.15) is 20.8 Å². The van der Waals surface area contributed by atoms with Crippen molar-refractivity contribution in [3.05, 3.63) is 30.6 Å². The lowest BCUT2D eigenvalue weighted by molar-refractivity contribution is 0.0240. The maximum absolute atomic E-state index is 12.2. The molecule has 0 unspecified atom stereocenters. The van der Waals surface area contributed by atoms with Gasteiger partial charge in [0.25, 0.3) is 0 Å². The van der Waals surface area contributed by atoms with Crippen molar-refractivity contribution < 1.29 is 9.53 Å². The van der Waals surface area contributed by atoms with E-state index >= 15 is 0 Å². The molecule has 1 saturated heterocycles. The van der Waals surface area contributed by atoms with Crippen LogP contribution >= 0.6 is 0 Å². The molecule has 128 valence electrons. The number of rotatable bonds is 2. The molecule has 24 heavy (non-hydrogen) atoms. The van der Waals surface area contributed by atoms with Crippen LogP contribution < -0.4 is 4.90 Å². The molecule has 3 heterocycles. The molecular formula is C17H23N5O2. The van der Waals surface area contributed by atoms with Crippen LogP contribution in [-0.4, -0.2) is 58.0 Å². The molecule has 1 N–H and O–H groups in total. The maximum Gasteiger partial charge on any atom is 0.410 e. The Morgan fingerprint density at radius 2 is 1.96 bits per heavy atom. The molecule has 0 saturated carbocycles. The maximum atomic E-state index is 12.2. The number of anilines is 1. The first-order chi connectivity index (χ1) is 11.4. The molecule has 1 aliphatic rings. The van der Waals surface area contributed by atoms with Crippen LogP contribution in [0.25, 0.3) is 11.4 Å². The summed E-state index contributed by atoms with van der Waals surface area (Å²) in [4.78, 5) is 20.5. The van der Waals surface area contributed by atoms with Gasteiger partial charge >= 0.3 is 6.09 Å². The van der Waals surface area contributed by atoms with Crippen LogP contribution in [0.15, 0.2) is 30.6 Å². The lowest BCUT2D eigenvalue weighted by Crippen LogP contribution is -2.50. The number of aromatic amines is 1. The number of nitrogens with zero attached hydrogens (tertiary/aromatic N) is 4. The molecule has 0 spiro atoms. The smallest absolute Gasteiger partial charge is 0.410 e. The van der Waals surface area contributed by atoms with Crippen LogP contribution in [0.4, 0.5) is 10.5 Å². The SMILES string of the molecule is CC(C)(C)OC(=O)N1CCN(c2c[nH]nc2-c2ccccn2)CC1. The third kappa shape index (κ3) is 3.67. The molecule has 7 nitrogen and oxygen atoms in total. The highest BCUT2D eigenvalue weighted by Crippen LogP contribution is 2.27. The van der Waals surface area contributed by atoms with E-state index in [1.54, 1.807) is 11.1 Å². The average Bonchev–Trinajstić information content (AvgIpc) is 3.04. The minimum absolute atomic E-state index is 0.251. The first-order valence-corrected chi connectivity index (χ1v) is 8.12. The summed E-state index contributed by atoms with van der Waals surface area (Å²) in [6, 6.07) is 5.77. The predicted molar refractivity (Wildman–Crippen MR) is 91.8 cm³/mol. The Morgan fingerprint density at radius 3 is 2.58 bits per heavy atom. The second-order valence-electron chi connectivity index (χ2n) is 6.79. The Bertz CT molecular complexity index is 685. The number of pyridine rings is 1. The van der Waals surface area contributed by atoms with Crippen molar-refractivity contribution in [3.8, 4) is 11.4 Å². The van der Waals surface area contributed by atoms with Crippen molar-refractivity contribution in [1.29, 1.82) is 0 Å². The first-order valence-electron chi connectivity index (χ1n) is 8.12. The van der Waals surface area contributed by atoms with Gasteiger partial charge in [-0.3, -0.25) is 10.1 Å². The van der Waals surface area contributed by atoms with E-state index in [2.05, 4.69) is 20.1 Å². The lowest BCUT2D eigenvalue weighted by Gasteiger charge is -2.36. The summed E-state index contributed by atoms with van der Waals surface area (Å²) in [5.41, 5.74) is 2.22. The topological polar surface area (TPSA) is 74.3 Å². The molecule has 1 fully saturated rings. The second kappa shape index (κ2) is 6.51. The molecule has 2 aromatic rings. The van der Waals surface area contributed by atoms with E-state index in [9.17, 15) is 4.79 Å². The molecule has 0 aliphatic carbocycles. The number of carbonyl (C=O) groups is 1. The van der Waals surface area contributed by atoms with Crippen LogP contribution in [0, 0.1) is 0 Å². The van der Waals surface area contributed by atoms with E-state index in [1.165, 1.54) is 0 Å². The van der Waals surface area contributed by atoms with E-state index in [-0.39, 0.29) is 6.09 Å². The molecule has 1 amide bonds. The number of piperazine rings is 1. The minimum Gasteiger partial charge on any atom is -0.444 e. The fraction of sp³-hybridized carbons (Fsp3) is 0.471. The molecular weight excluding hydrogens is 306 g/mol. The summed E-state index contributed by atoms with van der Waals surface area (Å²) < 4.78 is 5.44. The molecule has 3 rings (SSSR count). The summed E-state index contributed by atoms with van der Waals surface area (Å²) in [7, 11) is 0. The Kier molecular flexibility index (Phi) is 4.42. The van der Waals surface area contributed by atoms with E-state index < -0.39 is 5.60 Å². The molecule has 7 heteroatoms. The van der Waals surface area contributed by atoms with Gasteiger partial charge in [-0.2, -0.15) is 5.10 Å². The molecule has 0 radical (unpaired) electrons. The number of amides is 1. The van der Waals surface area contributed by atoms with Crippen molar-refractivity contribution >= 4 is 11.8 Å². The Labute approximate surface area is 141 Å². The fourth-order valence-electron chi connectivity index (χ4n) is 2.67. The van der Waals surface area contributed by atoms with Crippen LogP contribution in [-0.2, 0) is 4.74 Å². The Balaban J connectivity index is 1.66. The first kappa shape index (κ1) is 16.3. The highest BCUT2D eigenvalue weighted by molar-refractivity contribution is 5.73. The van der Waals surface area contributed by atoms with Gasteiger partial charge in [0, 0.05) is 38.6 Å². The number of nitrogens with one attached hydrogen (secondary N) is 1. The zero-order valence-corrected chi connectivity index (χ0v) is 14.3. The zero-order valence-electron chi connectivity index (χ0n) is 14.3. The van der Waals surface area contributed by atoms with E-state index in [1.807, 2.05) is 45.2 Å². The number of hydrogen-bond acceptors (Lipinski definition) is 5. The largest absolute Gasteiger partial charge is 0.444 e. The molecule has 0 bridgehead atoms. The number of aromatic nitrogens is 3. The highest BCUT2D eigenvalue weighted by atomic mass is 16.6. The molecule has 2 aromatic heterocycles. The number of hydrogen-bond donors (Lipinski definition) is 1. The average molecular weight is 329 g/mol. The van der Waals surface area contributed by atoms with Gasteiger partial charge in [0.2, 0.25) is 0 Å². The standard InChI is InChI=1S/C17H23N5O2/c1-17(2,3)24-16(23)22-10-8-21(9-11-22)14-12-19-20-15(14)13-6-4-5-7-18-13/h4-7,12H,8-11H2,1-3H3,(H,19,20). The van der Waals surface area contributed by atoms with Gasteiger partial charge in [-0.1, -0.05) is 6.07 Å². The van der Waals surface area contributed by atoms with Gasteiger partial charge in [-0.25, -0.2) is 4.79 Å². The van der Waals surface area contributed by atoms with Gasteiger partial charge in [0.1, 0.15) is 11.3 Å². The van der Waals surface area contributed by atoms with Gasteiger partial charge < -0.3 is 14.5 Å². The molecule has 1 aliphatic heterocycles. The van der Waals surface area contributed by atoms with Crippen LogP contribution in [0.2, 0.25) is 0 Å². The summed E-state index contributed by atoms with van der Waals surface area (Å²) in [6.45, 7) is 8.37. The van der Waals surface area contributed by atoms with Crippen molar-refractivity contribution in [1.82, 2.24) is 20.1 Å². The summed E-state index contributed by atoms with van der Waals surface area (Å²) in [6.07, 6.45) is 3.39. The van der Waals surface area contributed by atoms with E-state index in [4.69, 9.17) is 4.74 Å². The molecule has 0 aromatic carbocycles. The van der Waals surface area contributed by atoms with Gasteiger partial charge in [0.15, 0.2) is 0 Å². The summed E-state index contributed by atoms with van der Waals surface area (Å²) >= 11 is 0. The third-order valence-electron chi connectivity index (χ3n) is 3.80. The Hall–Kier alpha value is -2.57. The number of ether oxygens (including phenoxy) is 1. The lowest BCUT2D eigenvalue weighted by atomic mass is 10.2. The van der Waals surface area contributed by atoms with Crippen LogP contribution in [0.3, 0.4) is 0 Å². The summed E-state index contributed by atoms with van der Waals surface area (Å²) in [5.74, 6) is 0. The van der Waals surface area contributed by atoms with Crippen molar-refractivity contribution in [2.24, 2.45) is 0 Å². The highest BCUT2D eigenvalue weighted by Gasteiger charge is 2.27. The van der Waals surface area contributed by atoms with Crippen molar-refractivity contribution in [2.45, 2.75) is 26.4 Å². The van der Waals surface area contributed by atoms with Gasteiger partial charge in [-0.15, -0.1) is 0 Å². The van der Waals surface area contributed by atoms with Crippen molar-refractivity contribution in [3.63, 3.8) is 0 Å². The van der Waals surface area contributed by atoms with Gasteiger partial charge in [0.05, 0.1) is 11.4 Å². The van der Waals surface area contributed by atoms with Crippen molar-refractivity contribution in [2.75, 3.05) is 31.1 Å². The Morgan fingerprint density at radius 1 is 1.21 bits per heavy atom. The fourth-order valence-corrected chi connectivity index (χ4v) is 2.67. The van der Waals surface area contributed by atoms with Gasteiger partial charge in [-0.05, 0) is 32.9 Å². The van der Waals surface area contributed by atoms with Crippen LogP contribution in [0.5, 0.6) is 0 Å².